The first-order valence-electron chi connectivity index (χ1n) is 20.5. The van der Waals surface area contributed by atoms with Crippen LogP contribution in [-0.2, 0) is 17.8 Å². The fourth-order valence-corrected chi connectivity index (χ4v) is 8.79. The summed E-state index contributed by atoms with van der Waals surface area (Å²) in [5.41, 5.74) is 5.96. The molecule has 324 valence electrons. The highest BCUT2D eigenvalue weighted by molar-refractivity contribution is 7.22. The molecule has 1 aliphatic heterocycles. The van der Waals surface area contributed by atoms with Gasteiger partial charge in [0.25, 0.3) is 0 Å². The molecular formula is C48H47FN6O7S. The maximum atomic E-state index is 14.2. The summed E-state index contributed by atoms with van der Waals surface area (Å²) in [5, 5.41) is 21.5. The van der Waals surface area contributed by atoms with Gasteiger partial charge in [-0.15, -0.1) is 11.3 Å². The number of carboxylic acids is 1. The van der Waals surface area contributed by atoms with Crippen molar-refractivity contribution in [1.82, 2.24) is 29.7 Å². The first-order valence-corrected chi connectivity index (χ1v) is 21.4. The van der Waals surface area contributed by atoms with Crippen molar-refractivity contribution < 1.29 is 38.3 Å². The molecule has 63 heavy (non-hydrogen) atoms. The SMILES string of the molecule is COc1c(O)cccc1-c1nccc(COc2ccccc2C[C@@H](Oc2ncnc3sc(-c4ccc(F)cc4)c(-c4ccc(OCCN5CCN(C)CC5)c(C)c4C)c23)C(=O)O)n1. The van der Waals surface area contributed by atoms with E-state index >= 15 is 0 Å². The summed E-state index contributed by atoms with van der Waals surface area (Å²) in [6.45, 7) is 9.58. The Hall–Kier alpha value is -6.68. The predicted molar refractivity (Wildman–Crippen MR) is 239 cm³/mol. The molecule has 8 rings (SSSR count). The molecule has 1 fully saturated rings. The molecule has 4 heterocycles. The molecule has 1 atom stereocenters. The van der Waals surface area contributed by atoms with Gasteiger partial charge in [-0.2, -0.15) is 0 Å². The standard InChI is InChI=1S/C48H47FN6O7S/c1-29-30(2)38(60-25-24-55-22-20-54(3)21-23-55)17-16-35(29)41-42-46(51-28-52-47(42)63-44(41)31-12-14-33(49)15-13-31)62-40(48(57)58)26-32-8-5-6-11-39(32)61-27-34-18-19-50-45(53-34)36-9-7-10-37(56)43(36)59-4/h5-19,28,40,56H,20-27H2,1-4H3,(H,57,58)/t40-/m1/s1. The summed E-state index contributed by atoms with van der Waals surface area (Å²) < 4.78 is 38.6. The third kappa shape index (κ3) is 9.55. The number of piperazine rings is 1. The summed E-state index contributed by atoms with van der Waals surface area (Å²) >= 11 is 1.40. The summed E-state index contributed by atoms with van der Waals surface area (Å²) in [5.74, 6) is 0.333. The molecule has 15 heteroatoms. The lowest BCUT2D eigenvalue weighted by molar-refractivity contribution is -0.145. The van der Waals surface area contributed by atoms with Gasteiger partial charge in [0.1, 0.15) is 41.7 Å². The molecule has 2 N–H and O–H groups in total. The number of carboxylic acid groups (broad SMARTS) is 1. The number of hydrogen-bond acceptors (Lipinski definition) is 13. The van der Waals surface area contributed by atoms with E-state index in [-0.39, 0.29) is 36.2 Å². The van der Waals surface area contributed by atoms with E-state index in [9.17, 15) is 19.4 Å². The number of aliphatic carboxylic acids is 1. The number of para-hydroxylation sites is 2. The van der Waals surface area contributed by atoms with Crippen molar-refractivity contribution in [2.75, 3.05) is 53.5 Å². The second-order valence-electron chi connectivity index (χ2n) is 15.3. The van der Waals surface area contributed by atoms with Crippen LogP contribution >= 0.6 is 11.3 Å². The molecule has 0 radical (unpaired) electrons. The number of rotatable bonds is 16. The quantitative estimate of drug-likeness (QED) is 0.0960. The molecule has 0 spiro atoms. The van der Waals surface area contributed by atoms with Gasteiger partial charge in [-0.05, 0) is 91.2 Å². The zero-order chi connectivity index (χ0) is 44.0. The Morgan fingerprint density at radius 3 is 2.44 bits per heavy atom. The van der Waals surface area contributed by atoms with Crippen molar-refractivity contribution in [2.24, 2.45) is 0 Å². The van der Waals surface area contributed by atoms with Gasteiger partial charge >= 0.3 is 5.97 Å². The zero-order valence-electron chi connectivity index (χ0n) is 35.4. The lowest BCUT2D eigenvalue weighted by Gasteiger charge is -2.32. The van der Waals surface area contributed by atoms with Crippen molar-refractivity contribution in [3.8, 4) is 61.8 Å². The van der Waals surface area contributed by atoms with Crippen LogP contribution < -0.4 is 18.9 Å². The van der Waals surface area contributed by atoms with Gasteiger partial charge in [0.2, 0.25) is 12.0 Å². The van der Waals surface area contributed by atoms with Gasteiger partial charge in [-0.1, -0.05) is 42.5 Å². The lowest BCUT2D eigenvalue weighted by atomic mass is 9.93. The fraction of sp³-hybridized carbons (Fsp3) is 0.271. The predicted octanol–water partition coefficient (Wildman–Crippen LogP) is 8.23. The first-order chi connectivity index (χ1) is 30.6. The smallest absolute Gasteiger partial charge is 0.345 e. The van der Waals surface area contributed by atoms with Gasteiger partial charge in [0.05, 0.1) is 23.8 Å². The number of aromatic hydroxyl groups is 1. The summed E-state index contributed by atoms with van der Waals surface area (Å²) in [7, 11) is 3.60. The van der Waals surface area contributed by atoms with Crippen molar-refractivity contribution >= 4 is 27.5 Å². The van der Waals surface area contributed by atoms with E-state index in [0.29, 0.717) is 45.2 Å². The number of phenolic OH excluding ortho intramolecular Hbond substituents is 1. The second kappa shape index (κ2) is 19.2. The van der Waals surface area contributed by atoms with E-state index in [4.69, 9.17) is 18.9 Å². The Labute approximate surface area is 368 Å². The van der Waals surface area contributed by atoms with Gasteiger partial charge in [-0.3, -0.25) is 4.90 Å². The number of hydrogen-bond donors (Lipinski definition) is 2. The number of methoxy groups -OCH3 is 1. The molecule has 13 nitrogen and oxygen atoms in total. The minimum Gasteiger partial charge on any atom is -0.504 e. The molecular weight excluding hydrogens is 824 g/mol. The van der Waals surface area contributed by atoms with Crippen LogP contribution in [0.4, 0.5) is 4.39 Å². The number of likely N-dealkylation sites (N-methyl/N-ethyl adjacent to an activating group) is 1. The van der Waals surface area contributed by atoms with Crippen LogP contribution in [0, 0.1) is 19.7 Å². The Bertz CT molecular complexity index is 2740. The number of phenols is 1. The molecule has 4 aromatic carbocycles. The molecule has 1 saturated heterocycles. The number of carbonyl (C=O) groups is 1. The number of fused-ring (bicyclic) bond motifs is 1. The highest BCUT2D eigenvalue weighted by atomic mass is 32.1. The zero-order valence-corrected chi connectivity index (χ0v) is 36.2. The largest absolute Gasteiger partial charge is 0.504 e. The maximum absolute atomic E-state index is 14.2. The van der Waals surface area contributed by atoms with Crippen molar-refractivity contribution in [2.45, 2.75) is 33.0 Å². The number of thiophene rings is 1. The Kier molecular flexibility index (Phi) is 13.1. The minimum atomic E-state index is -1.38. The summed E-state index contributed by atoms with van der Waals surface area (Å²) in [6, 6.07) is 24.0. The average Bonchev–Trinajstić information content (AvgIpc) is 3.68. The van der Waals surface area contributed by atoms with Gasteiger partial charge < -0.3 is 34.1 Å². The van der Waals surface area contributed by atoms with Crippen LogP contribution in [-0.4, -0.2) is 106 Å². The highest BCUT2D eigenvalue weighted by Gasteiger charge is 2.28. The summed E-state index contributed by atoms with van der Waals surface area (Å²) in [4.78, 5) is 37.3. The normalized spacial score (nSPS) is 13.8. The molecule has 3 aromatic heterocycles. The van der Waals surface area contributed by atoms with E-state index in [1.807, 2.05) is 26.0 Å². The first kappa shape index (κ1) is 43.0. The maximum Gasteiger partial charge on any atom is 0.345 e. The van der Waals surface area contributed by atoms with Crippen LogP contribution in [0.1, 0.15) is 22.4 Å². The minimum absolute atomic E-state index is 0.0347. The molecule has 0 amide bonds. The van der Waals surface area contributed by atoms with Crippen molar-refractivity contribution in [1.29, 1.82) is 0 Å². The third-order valence-electron chi connectivity index (χ3n) is 11.3. The topological polar surface area (TPSA) is 152 Å². The van der Waals surface area contributed by atoms with E-state index in [2.05, 4.69) is 36.8 Å². The molecule has 1 aliphatic rings. The molecule has 0 aliphatic carbocycles. The molecule has 7 aromatic rings. The Morgan fingerprint density at radius 2 is 1.67 bits per heavy atom. The van der Waals surface area contributed by atoms with Crippen LogP contribution in [0.2, 0.25) is 0 Å². The van der Waals surface area contributed by atoms with Crippen LogP contribution in [0.15, 0.2) is 97.5 Å². The van der Waals surface area contributed by atoms with Crippen LogP contribution in [0.3, 0.4) is 0 Å². The molecule has 0 bridgehead atoms. The number of aromatic nitrogens is 4. The lowest BCUT2D eigenvalue weighted by Crippen LogP contribution is -2.45. The second-order valence-corrected chi connectivity index (χ2v) is 16.3. The van der Waals surface area contributed by atoms with E-state index < -0.39 is 12.1 Å². The van der Waals surface area contributed by atoms with E-state index in [1.54, 1.807) is 60.8 Å². The molecule has 0 unspecified atom stereocenters. The monoisotopic (exact) mass is 870 g/mol. The van der Waals surface area contributed by atoms with E-state index in [0.717, 1.165) is 71.2 Å². The fourth-order valence-electron chi connectivity index (χ4n) is 7.64. The van der Waals surface area contributed by atoms with Gasteiger partial charge in [0, 0.05) is 55.8 Å². The highest BCUT2D eigenvalue weighted by Crippen LogP contribution is 2.49. The number of ether oxygens (including phenoxy) is 4. The van der Waals surface area contributed by atoms with Crippen molar-refractivity contribution in [3.63, 3.8) is 0 Å². The number of halogens is 1. The summed E-state index contributed by atoms with van der Waals surface area (Å²) in [6.07, 6.45) is 1.52. The third-order valence-corrected chi connectivity index (χ3v) is 12.4. The average molecular weight is 871 g/mol. The Balaban J connectivity index is 1.08. The van der Waals surface area contributed by atoms with Crippen LogP contribution in [0.25, 0.3) is 43.2 Å². The van der Waals surface area contributed by atoms with Gasteiger partial charge in [0.15, 0.2) is 17.3 Å². The molecule has 0 saturated carbocycles. The Morgan fingerprint density at radius 1 is 0.873 bits per heavy atom. The van der Waals surface area contributed by atoms with Gasteiger partial charge in [-0.25, -0.2) is 29.1 Å². The van der Waals surface area contributed by atoms with Crippen LogP contribution in [0.5, 0.6) is 28.9 Å². The van der Waals surface area contributed by atoms with Crippen molar-refractivity contribution in [3.05, 3.63) is 126 Å². The number of nitrogens with zero attached hydrogens (tertiary/aromatic N) is 6. The number of benzene rings is 4. The van der Waals surface area contributed by atoms with E-state index in [1.165, 1.54) is 43.0 Å².